The topological polar surface area (TPSA) is 165 Å². The molecule has 3 amide bonds. The molecule has 0 bridgehead atoms. The summed E-state index contributed by atoms with van der Waals surface area (Å²) < 4.78 is 0. The van der Waals surface area contributed by atoms with Crippen molar-refractivity contribution in [1.29, 1.82) is 0 Å². The first-order valence-corrected chi connectivity index (χ1v) is 11.6. The summed E-state index contributed by atoms with van der Waals surface area (Å²) in [6.45, 7) is -1.60. The number of rotatable bonds is 12. The van der Waals surface area contributed by atoms with Crippen LogP contribution in [0.2, 0.25) is 0 Å². The predicted octanol–water partition coefficient (Wildman–Crippen LogP) is -0.816. The highest BCUT2D eigenvalue weighted by Crippen LogP contribution is 2.21. The van der Waals surface area contributed by atoms with E-state index < -0.39 is 30.7 Å². The number of nitrogens with zero attached hydrogens (tertiary/aromatic N) is 1. The van der Waals surface area contributed by atoms with Gasteiger partial charge in [0.1, 0.15) is 12.1 Å². The summed E-state index contributed by atoms with van der Waals surface area (Å²) in [4.78, 5) is 39.4. The van der Waals surface area contributed by atoms with E-state index in [0.29, 0.717) is 32.4 Å². The summed E-state index contributed by atoms with van der Waals surface area (Å²) in [7, 11) is 0. The molecule has 1 aliphatic rings. The number of hydrogen-bond donors (Lipinski definition) is 6. The molecular formula is C22H36BN4O6-. The van der Waals surface area contributed by atoms with Gasteiger partial charge in [0, 0.05) is 19.9 Å². The van der Waals surface area contributed by atoms with Crippen LogP contribution in [0.25, 0.3) is 0 Å². The number of amides is 3. The maximum Gasteiger partial charge on any atom is 0.393 e. The van der Waals surface area contributed by atoms with Gasteiger partial charge in [0.2, 0.25) is 17.7 Å². The highest BCUT2D eigenvalue weighted by molar-refractivity contribution is 6.58. The van der Waals surface area contributed by atoms with Gasteiger partial charge in [0.05, 0.1) is 0 Å². The van der Waals surface area contributed by atoms with Crippen molar-refractivity contribution >= 4 is 24.5 Å². The SMILES string of the molecule is CC(=O)N[C@H](Cc1ccccc1)C(=O)N1CCC[C@H]1C(=O)N[C@@H](CCCCCN)[B-](O)(O)O. The van der Waals surface area contributed by atoms with E-state index >= 15 is 0 Å². The van der Waals surface area contributed by atoms with E-state index in [1.54, 1.807) is 0 Å². The smallest absolute Gasteiger partial charge is 0.393 e. The van der Waals surface area contributed by atoms with Crippen LogP contribution < -0.4 is 16.4 Å². The first-order valence-electron chi connectivity index (χ1n) is 11.6. The maximum atomic E-state index is 13.3. The van der Waals surface area contributed by atoms with E-state index in [-0.39, 0.29) is 24.7 Å². The summed E-state index contributed by atoms with van der Waals surface area (Å²) in [5, 5.41) is 34.5. The van der Waals surface area contributed by atoms with E-state index in [1.807, 2.05) is 30.3 Å². The monoisotopic (exact) mass is 463 g/mol. The minimum atomic E-state index is -3.78. The van der Waals surface area contributed by atoms with Gasteiger partial charge in [-0.3, -0.25) is 14.4 Å². The van der Waals surface area contributed by atoms with Crippen LogP contribution in [0.1, 0.15) is 51.0 Å². The molecule has 7 N–H and O–H groups in total. The third-order valence-electron chi connectivity index (χ3n) is 5.88. The van der Waals surface area contributed by atoms with Crippen molar-refractivity contribution in [3.05, 3.63) is 35.9 Å². The van der Waals surface area contributed by atoms with Crippen molar-refractivity contribution in [1.82, 2.24) is 15.5 Å². The van der Waals surface area contributed by atoms with Gasteiger partial charge >= 0.3 is 6.75 Å². The number of nitrogens with one attached hydrogen (secondary N) is 2. The zero-order valence-corrected chi connectivity index (χ0v) is 19.2. The largest absolute Gasteiger partial charge is 0.558 e. The van der Waals surface area contributed by atoms with Crippen molar-refractivity contribution < 1.29 is 29.5 Å². The number of hydrogen-bond acceptors (Lipinski definition) is 7. The molecule has 1 heterocycles. The van der Waals surface area contributed by atoms with Crippen molar-refractivity contribution in [3.63, 3.8) is 0 Å². The van der Waals surface area contributed by atoms with Gasteiger partial charge in [-0.05, 0) is 37.3 Å². The highest BCUT2D eigenvalue weighted by atomic mass is 16.5. The molecule has 3 atom stereocenters. The summed E-state index contributed by atoms with van der Waals surface area (Å²) >= 11 is 0. The second kappa shape index (κ2) is 12.7. The minimum Gasteiger partial charge on any atom is -0.558 e. The normalized spacial score (nSPS) is 18.0. The quantitative estimate of drug-likeness (QED) is 0.174. The number of nitrogens with two attached hydrogens (primary N) is 1. The Balaban J connectivity index is 2.09. The second-order valence-electron chi connectivity index (χ2n) is 8.68. The van der Waals surface area contributed by atoms with E-state index in [2.05, 4.69) is 10.6 Å². The zero-order chi connectivity index (χ0) is 24.4. The fraction of sp³-hybridized carbons (Fsp3) is 0.591. The Morgan fingerprint density at radius 2 is 1.82 bits per heavy atom. The summed E-state index contributed by atoms with van der Waals surface area (Å²) in [5.41, 5.74) is 6.33. The van der Waals surface area contributed by atoms with Crippen LogP contribution in [0.4, 0.5) is 0 Å². The van der Waals surface area contributed by atoms with Gasteiger partial charge in [-0.2, -0.15) is 0 Å². The van der Waals surface area contributed by atoms with Crippen LogP contribution >= 0.6 is 0 Å². The summed E-state index contributed by atoms with van der Waals surface area (Å²) in [6, 6.07) is 7.61. The van der Waals surface area contributed by atoms with Crippen molar-refractivity contribution in [2.24, 2.45) is 5.73 Å². The minimum absolute atomic E-state index is 0.165. The molecule has 2 rings (SSSR count). The Morgan fingerprint density at radius 1 is 1.12 bits per heavy atom. The molecule has 1 aromatic rings. The van der Waals surface area contributed by atoms with Crippen LogP contribution in [-0.4, -0.2) is 75.6 Å². The Labute approximate surface area is 194 Å². The lowest BCUT2D eigenvalue weighted by atomic mass is 9.67. The lowest BCUT2D eigenvalue weighted by Gasteiger charge is -2.35. The molecule has 1 saturated heterocycles. The molecule has 1 aliphatic heterocycles. The lowest BCUT2D eigenvalue weighted by Crippen LogP contribution is -2.61. The Bertz CT molecular complexity index is 789. The molecule has 0 unspecified atom stereocenters. The first kappa shape index (κ1) is 26.8. The standard InChI is InChI=1S/C22H36BN4O6/c1-16(28)25-18(15-17-9-4-2-5-10-17)22(30)27-14-8-11-19(27)21(29)26-20(23(31,32)33)12-6-3-7-13-24/h2,4-5,9-10,18-20,31-33H,3,6-8,11-15,24H2,1H3,(H,25,28)(H,26,29)/q-1/t18-,19+,20+/m1/s1. The van der Waals surface area contributed by atoms with Crippen molar-refractivity contribution in [2.45, 2.75) is 69.9 Å². The average molecular weight is 463 g/mol. The maximum absolute atomic E-state index is 13.3. The predicted molar refractivity (Wildman–Crippen MR) is 124 cm³/mol. The van der Waals surface area contributed by atoms with E-state index in [0.717, 1.165) is 18.4 Å². The Morgan fingerprint density at radius 3 is 2.42 bits per heavy atom. The van der Waals surface area contributed by atoms with Crippen molar-refractivity contribution in [2.75, 3.05) is 13.1 Å². The molecule has 0 aliphatic carbocycles. The second-order valence-corrected chi connectivity index (χ2v) is 8.68. The van der Waals surface area contributed by atoms with Gasteiger partial charge in [0.15, 0.2) is 0 Å². The number of carbonyl (C=O) groups is 3. The molecule has 0 radical (unpaired) electrons. The average Bonchev–Trinajstić information content (AvgIpc) is 3.24. The van der Waals surface area contributed by atoms with Crippen molar-refractivity contribution in [3.8, 4) is 0 Å². The molecule has 184 valence electrons. The number of unbranched alkanes of at least 4 members (excludes halogenated alkanes) is 2. The van der Waals surface area contributed by atoms with E-state index in [4.69, 9.17) is 5.73 Å². The van der Waals surface area contributed by atoms with Gasteiger partial charge in [-0.1, -0.05) is 49.6 Å². The van der Waals surface area contributed by atoms with E-state index in [1.165, 1.54) is 11.8 Å². The van der Waals surface area contributed by atoms with Gasteiger partial charge in [-0.25, -0.2) is 0 Å². The Kier molecular flexibility index (Phi) is 10.3. The van der Waals surface area contributed by atoms with Gasteiger partial charge in [0.25, 0.3) is 0 Å². The van der Waals surface area contributed by atoms with Crippen LogP contribution in [0.3, 0.4) is 0 Å². The third kappa shape index (κ3) is 8.43. The molecule has 33 heavy (non-hydrogen) atoms. The molecule has 0 saturated carbocycles. The fourth-order valence-corrected chi connectivity index (χ4v) is 4.17. The van der Waals surface area contributed by atoms with E-state index in [9.17, 15) is 29.5 Å². The van der Waals surface area contributed by atoms with Crippen LogP contribution in [-0.2, 0) is 20.8 Å². The number of carbonyl (C=O) groups excluding carboxylic acids is 3. The van der Waals surface area contributed by atoms with Crippen LogP contribution in [0.5, 0.6) is 0 Å². The molecular weight excluding hydrogens is 427 g/mol. The number of benzene rings is 1. The summed E-state index contributed by atoms with van der Waals surface area (Å²) in [6.07, 6.45) is 3.46. The van der Waals surface area contributed by atoms with Gasteiger partial charge < -0.3 is 36.3 Å². The van der Waals surface area contributed by atoms with Crippen LogP contribution in [0.15, 0.2) is 30.3 Å². The highest BCUT2D eigenvalue weighted by Gasteiger charge is 2.39. The molecule has 11 heteroatoms. The zero-order valence-electron chi connectivity index (χ0n) is 19.2. The molecule has 1 aromatic carbocycles. The van der Waals surface area contributed by atoms with Gasteiger partial charge in [-0.15, -0.1) is 0 Å². The molecule has 1 fully saturated rings. The molecule has 0 spiro atoms. The van der Waals surface area contributed by atoms with Crippen LogP contribution in [0, 0.1) is 0 Å². The lowest BCUT2D eigenvalue weighted by molar-refractivity contribution is -0.141. The molecule has 10 nitrogen and oxygen atoms in total. The first-order chi connectivity index (χ1) is 15.6. The summed E-state index contributed by atoms with van der Waals surface area (Å²) in [5.74, 6) is -2.53. The molecule has 0 aromatic heterocycles. The number of likely N-dealkylation sites (tertiary alicyclic amines) is 1. The third-order valence-corrected chi connectivity index (χ3v) is 5.88. The fourth-order valence-electron chi connectivity index (χ4n) is 4.17. The Hall–Kier alpha value is -2.47.